The van der Waals surface area contributed by atoms with E-state index in [2.05, 4.69) is 25.2 Å². The number of amides is 1. The molecule has 2 aliphatic rings. The van der Waals surface area contributed by atoms with Gasteiger partial charge in [-0.25, -0.2) is 9.37 Å². The number of nitrogens with one attached hydrogen (secondary N) is 2. The monoisotopic (exact) mass is 489 g/mol. The maximum Gasteiger partial charge on any atom is 0.253 e. The molecule has 0 bridgehead atoms. The van der Waals surface area contributed by atoms with Crippen molar-refractivity contribution in [1.29, 1.82) is 0 Å². The summed E-state index contributed by atoms with van der Waals surface area (Å²) in [6.07, 6.45) is 8.26. The van der Waals surface area contributed by atoms with Crippen molar-refractivity contribution in [2.75, 3.05) is 13.1 Å². The van der Waals surface area contributed by atoms with E-state index in [0.29, 0.717) is 11.1 Å². The molecule has 1 aliphatic carbocycles. The van der Waals surface area contributed by atoms with Crippen LogP contribution in [0.5, 0.6) is 0 Å². The second kappa shape index (κ2) is 8.73. The number of benzene rings is 1. The molecule has 4 aromatic rings. The lowest BCUT2D eigenvalue weighted by atomic mass is 10.0. The van der Waals surface area contributed by atoms with Crippen LogP contribution in [0.3, 0.4) is 0 Å². The predicted molar refractivity (Wildman–Crippen MR) is 134 cm³/mol. The van der Waals surface area contributed by atoms with Crippen LogP contribution in [-0.4, -0.2) is 44.9 Å². The van der Waals surface area contributed by atoms with Crippen LogP contribution in [0.4, 0.5) is 4.39 Å². The molecule has 1 fully saturated rings. The molecule has 35 heavy (non-hydrogen) atoms. The van der Waals surface area contributed by atoms with Crippen molar-refractivity contribution in [3.05, 3.63) is 82.0 Å². The van der Waals surface area contributed by atoms with Gasteiger partial charge in [0.15, 0.2) is 0 Å². The highest BCUT2D eigenvalue weighted by molar-refractivity contribution is 6.31. The summed E-state index contributed by atoms with van der Waals surface area (Å²) in [5, 5.41) is 4.28. The fraction of sp³-hybridized carbons (Fsp3) is 0.296. The second-order valence-electron chi connectivity index (χ2n) is 9.39. The number of nitrogens with zero attached hydrogens (tertiary/aromatic N) is 3. The van der Waals surface area contributed by atoms with Crippen molar-refractivity contribution in [3.8, 4) is 11.3 Å². The SMILES string of the molecule is Cc1c[nH]c2nccc(-c3ccc(C(=O)N[C@@H]4c5c(ccc(F)c5Cl)C[C@H]4N4CCCC4)cn3)c12. The van der Waals surface area contributed by atoms with Gasteiger partial charge in [-0.3, -0.25) is 14.7 Å². The number of halogens is 2. The van der Waals surface area contributed by atoms with Crippen molar-refractivity contribution in [2.24, 2.45) is 0 Å². The number of likely N-dealkylation sites (tertiary alicyclic amines) is 1. The van der Waals surface area contributed by atoms with E-state index >= 15 is 0 Å². The molecule has 0 saturated carbocycles. The van der Waals surface area contributed by atoms with E-state index < -0.39 is 5.82 Å². The van der Waals surface area contributed by atoms with E-state index in [1.165, 1.54) is 6.07 Å². The Kier molecular flexibility index (Phi) is 5.54. The van der Waals surface area contributed by atoms with Crippen LogP contribution in [0.2, 0.25) is 5.02 Å². The van der Waals surface area contributed by atoms with Gasteiger partial charge in [0, 0.05) is 41.1 Å². The van der Waals surface area contributed by atoms with E-state index in [0.717, 1.165) is 65.8 Å². The van der Waals surface area contributed by atoms with Crippen LogP contribution in [0.25, 0.3) is 22.3 Å². The van der Waals surface area contributed by atoms with Gasteiger partial charge in [-0.15, -0.1) is 0 Å². The first-order chi connectivity index (χ1) is 17.0. The Hall–Kier alpha value is -3.29. The van der Waals surface area contributed by atoms with Crippen molar-refractivity contribution in [3.63, 3.8) is 0 Å². The number of rotatable bonds is 4. The molecule has 2 atom stereocenters. The highest BCUT2D eigenvalue weighted by atomic mass is 35.5. The number of carbonyl (C=O) groups excluding carboxylic acids is 1. The Morgan fingerprint density at radius 2 is 2.00 bits per heavy atom. The van der Waals surface area contributed by atoms with Crippen LogP contribution in [0.15, 0.2) is 48.9 Å². The molecule has 8 heteroatoms. The second-order valence-corrected chi connectivity index (χ2v) is 9.76. The summed E-state index contributed by atoms with van der Waals surface area (Å²) < 4.78 is 14.4. The van der Waals surface area contributed by atoms with E-state index in [-0.39, 0.29) is 23.0 Å². The summed E-state index contributed by atoms with van der Waals surface area (Å²) in [4.78, 5) is 27.8. The lowest BCUT2D eigenvalue weighted by Gasteiger charge is -2.30. The van der Waals surface area contributed by atoms with Crippen molar-refractivity contribution in [1.82, 2.24) is 25.2 Å². The van der Waals surface area contributed by atoms with Crippen LogP contribution < -0.4 is 5.32 Å². The maximum atomic E-state index is 14.4. The van der Waals surface area contributed by atoms with Gasteiger partial charge in [0.1, 0.15) is 11.5 Å². The third kappa shape index (κ3) is 3.79. The zero-order valence-corrected chi connectivity index (χ0v) is 20.1. The maximum absolute atomic E-state index is 14.4. The molecule has 1 aromatic carbocycles. The Morgan fingerprint density at radius 1 is 1.17 bits per heavy atom. The molecule has 1 amide bonds. The molecule has 178 valence electrons. The molecule has 6 nitrogen and oxygen atoms in total. The van der Waals surface area contributed by atoms with Gasteiger partial charge < -0.3 is 10.3 Å². The summed E-state index contributed by atoms with van der Waals surface area (Å²) in [5.74, 6) is -0.703. The lowest BCUT2D eigenvalue weighted by molar-refractivity contribution is 0.0906. The quantitative estimate of drug-likeness (QED) is 0.412. The minimum Gasteiger partial charge on any atom is -0.346 e. The minimum absolute atomic E-state index is 0.0599. The van der Waals surface area contributed by atoms with Gasteiger partial charge in [0.2, 0.25) is 0 Å². The predicted octanol–water partition coefficient (Wildman–Crippen LogP) is 5.22. The average Bonchev–Trinajstić information content (AvgIpc) is 3.61. The Bertz CT molecular complexity index is 1430. The fourth-order valence-corrected chi connectivity index (χ4v) is 5.88. The zero-order valence-electron chi connectivity index (χ0n) is 19.3. The highest BCUT2D eigenvalue weighted by Gasteiger charge is 2.40. The molecule has 0 spiro atoms. The van der Waals surface area contributed by atoms with Gasteiger partial charge in [0.05, 0.1) is 22.3 Å². The van der Waals surface area contributed by atoms with E-state index in [1.807, 2.05) is 25.3 Å². The molecule has 1 aliphatic heterocycles. The first kappa shape index (κ1) is 22.2. The molecular weight excluding hydrogens is 465 g/mol. The Labute approximate surface area is 207 Å². The van der Waals surface area contributed by atoms with Crippen molar-refractivity contribution >= 4 is 28.5 Å². The molecule has 2 N–H and O–H groups in total. The van der Waals surface area contributed by atoms with E-state index in [4.69, 9.17) is 11.6 Å². The number of H-pyrrole nitrogens is 1. The zero-order chi connectivity index (χ0) is 24.1. The van der Waals surface area contributed by atoms with Crippen molar-refractivity contribution < 1.29 is 9.18 Å². The summed E-state index contributed by atoms with van der Waals surface area (Å²) in [7, 11) is 0. The smallest absolute Gasteiger partial charge is 0.253 e. The minimum atomic E-state index is -0.457. The van der Waals surface area contributed by atoms with Crippen molar-refractivity contribution in [2.45, 2.75) is 38.3 Å². The van der Waals surface area contributed by atoms with Gasteiger partial charge >= 0.3 is 0 Å². The number of pyridine rings is 2. The standard InChI is InChI=1S/C27H25ClFN5O/c1-15-13-32-26-22(15)18(8-9-30-26)20-7-5-17(14-31-20)27(35)33-25-21(34-10-2-3-11-34)12-16-4-6-19(29)24(28)23(16)25/h4-9,13-14,21,25H,2-3,10-12H2,1H3,(H,30,32)(H,33,35)/t21-,25+/m1/s1. The third-order valence-electron chi connectivity index (χ3n) is 7.32. The normalized spacial score (nSPS) is 19.9. The molecule has 3 aromatic heterocycles. The van der Waals surface area contributed by atoms with Crippen LogP contribution in [0, 0.1) is 12.7 Å². The van der Waals surface area contributed by atoms with Gasteiger partial charge in [-0.2, -0.15) is 0 Å². The van der Waals surface area contributed by atoms with Gasteiger partial charge in [0.25, 0.3) is 5.91 Å². The summed E-state index contributed by atoms with van der Waals surface area (Å²) >= 11 is 6.41. The number of fused-ring (bicyclic) bond motifs is 2. The molecule has 0 unspecified atom stereocenters. The number of aryl methyl sites for hydroxylation is 1. The Morgan fingerprint density at radius 3 is 2.77 bits per heavy atom. The molecule has 1 saturated heterocycles. The van der Waals surface area contributed by atoms with Crippen LogP contribution in [-0.2, 0) is 6.42 Å². The first-order valence-electron chi connectivity index (χ1n) is 11.9. The molecule has 0 radical (unpaired) electrons. The highest BCUT2D eigenvalue weighted by Crippen LogP contribution is 2.41. The van der Waals surface area contributed by atoms with Crippen LogP contribution in [0.1, 0.15) is 45.9 Å². The molecule has 4 heterocycles. The van der Waals surface area contributed by atoms with E-state index in [9.17, 15) is 9.18 Å². The number of aromatic amines is 1. The number of carbonyl (C=O) groups is 1. The Balaban J connectivity index is 1.29. The number of hydrogen-bond acceptors (Lipinski definition) is 4. The fourth-order valence-electron chi connectivity index (χ4n) is 5.58. The number of hydrogen-bond donors (Lipinski definition) is 2. The van der Waals surface area contributed by atoms with Gasteiger partial charge in [-0.1, -0.05) is 17.7 Å². The van der Waals surface area contributed by atoms with Gasteiger partial charge in [-0.05, 0) is 74.7 Å². The summed E-state index contributed by atoms with van der Waals surface area (Å²) in [6, 6.07) is 8.45. The lowest BCUT2D eigenvalue weighted by Crippen LogP contribution is -2.43. The average molecular weight is 490 g/mol. The topological polar surface area (TPSA) is 73.9 Å². The molecular formula is C27H25ClFN5O. The summed E-state index contributed by atoms with van der Waals surface area (Å²) in [6.45, 7) is 3.97. The summed E-state index contributed by atoms with van der Waals surface area (Å²) in [5.41, 5.74) is 5.76. The largest absolute Gasteiger partial charge is 0.346 e. The molecule has 6 rings (SSSR count). The first-order valence-corrected chi connectivity index (χ1v) is 12.3. The number of aromatic nitrogens is 3. The van der Waals surface area contributed by atoms with E-state index in [1.54, 1.807) is 24.5 Å². The van der Waals surface area contributed by atoms with Crippen LogP contribution >= 0.6 is 11.6 Å². The third-order valence-corrected chi connectivity index (χ3v) is 7.70.